The van der Waals surface area contributed by atoms with E-state index in [1.807, 2.05) is 19.1 Å². The van der Waals surface area contributed by atoms with Gasteiger partial charge in [-0.15, -0.1) is 0 Å². The fourth-order valence-electron chi connectivity index (χ4n) is 2.86. The second-order valence-electron chi connectivity index (χ2n) is 5.83. The van der Waals surface area contributed by atoms with E-state index < -0.39 is 0 Å². The fraction of sp³-hybridized carbons (Fsp3) is 0.556. The lowest BCUT2D eigenvalue weighted by molar-refractivity contribution is 0.510. The predicted octanol–water partition coefficient (Wildman–Crippen LogP) is 5.07. The number of nitrogens with one attached hydrogen (secondary N) is 1. The van der Waals surface area contributed by atoms with Crippen LogP contribution in [0.2, 0.25) is 0 Å². The number of aryl methyl sites for hydroxylation is 1. The van der Waals surface area contributed by atoms with E-state index >= 15 is 0 Å². The maximum absolute atomic E-state index is 13.4. The third-order valence-corrected chi connectivity index (χ3v) is 4.08. The summed E-state index contributed by atoms with van der Waals surface area (Å²) >= 11 is 0. The zero-order valence-corrected chi connectivity index (χ0v) is 12.7. The van der Waals surface area contributed by atoms with Crippen molar-refractivity contribution in [2.45, 2.75) is 58.4 Å². The van der Waals surface area contributed by atoms with E-state index in [1.165, 1.54) is 31.2 Å². The third-order valence-electron chi connectivity index (χ3n) is 4.08. The summed E-state index contributed by atoms with van der Waals surface area (Å²) in [5.74, 6) is -0.111. The molecule has 0 aromatic heterocycles. The van der Waals surface area contributed by atoms with Crippen LogP contribution < -0.4 is 5.32 Å². The Bertz CT molecular complexity index is 464. The molecule has 0 aliphatic heterocycles. The number of hydrogen-bond acceptors (Lipinski definition) is 1. The molecule has 1 nitrogen and oxygen atoms in total. The number of benzene rings is 1. The van der Waals surface area contributed by atoms with E-state index in [4.69, 9.17) is 0 Å². The zero-order valence-electron chi connectivity index (χ0n) is 12.7. The zero-order chi connectivity index (χ0) is 14.4. The normalized spacial score (nSPS) is 16.9. The molecule has 0 saturated heterocycles. The van der Waals surface area contributed by atoms with Crippen molar-refractivity contribution in [2.75, 3.05) is 6.54 Å². The van der Waals surface area contributed by atoms with E-state index in [2.05, 4.69) is 18.3 Å². The van der Waals surface area contributed by atoms with Crippen molar-refractivity contribution >= 4 is 0 Å². The molecule has 1 aliphatic rings. The highest BCUT2D eigenvalue weighted by Gasteiger charge is 2.15. The van der Waals surface area contributed by atoms with Crippen molar-refractivity contribution in [3.63, 3.8) is 0 Å². The van der Waals surface area contributed by atoms with Crippen molar-refractivity contribution < 1.29 is 4.39 Å². The van der Waals surface area contributed by atoms with Gasteiger partial charge in [0, 0.05) is 6.04 Å². The second kappa shape index (κ2) is 7.58. The fourth-order valence-corrected chi connectivity index (χ4v) is 2.86. The summed E-state index contributed by atoms with van der Waals surface area (Å²) < 4.78 is 13.4. The quantitative estimate of drug-likeness (QED) is 0.715. The van der Waals surface area contributed by atoms with Crippen LogP contribution in [0, 0.1) is 12.7 Å². The molecule has 20 heavy (non-hydrogen) atoms. The van der Waals surface area contributed by atoms with E-state index in [9.17, 15) is 4.39 Å². The van der Waals surface area contributed by atoms with Crippen molar-refractivity contribution in [3.8, 4) is 0 Å². The lowest BCUT2D eigenvalue weighted by Crippen LogP contribution is -2.23. The Morgan fingerprint density at radius 1 is 1.30 bits per heavy atom. The van der Waals surface area contributed by atoms with Crippen LogP contribution in [0.3, 0.4) is 0 Å². The molecule has 0 fully saturated rings. The highest BCUT2D eigenvalue weighted by Crippen LogP contribution is 2.28. The maximum atomic E-state index is 13.4. The van der Waals surface area contributed by atoms with Gasteiger partial charge in [-0.3, -0.25) is 0 Å². The first-order chi connectivity index (χ1) is 9.70. The Morgan fingerprint density at radius 3 is 2.80 bits per heavy atom. The first-order valence-electron chi connectivity index (χ1n) is 7.88. The first kappa shape index (κ1) is 15.2. The minimum Gasteiger partial charge on any atom is -0.310 e. The van der Waals surface area contributed by atoms with Crippen molar-refractivity contribution in [1.29, 1.82) is 0 Å². The van der Waals surface area contributed by atoms with E-state index in [1.54, 1.807) is 11.6 Å². The van der Waals surface area contributed by atoms with Gasteiger partial charge in [0.15, 0.2) is 0 Å². The molecule has 1 unspecified atom stereocenters. The van der Waals surface area contributed by atoms with Crippen LogP contribution in [0.1, 0.15) is 62.6 Å². The highest BCUT2D eigenvalue weighted by molar-refractivity contribution is 5.28. The van der Waals surface area contributed by atoms with Crippen LogP contribution in [-0.2, 0) is 0 Å². The number of allylic oxidation sites excluding steroid dienone is 1. The monoisotopic (exact) mass is 275 g/mol. The van der Waals surface area contributed by atoms with Gasteiger partial charge in [-0.2, -0.15) is 0 Å². The Kier molecular flexibility index (Phi) is 5.78. The average Bonchev–Trinajstić information content (AvgIpc) is 2.47. The van der Waals surface area contributed by atoms with Crippen molar-refractivity contribution in [3.05, 3.63) is 46.8 Å². The lowest BCUT2D eigenvalue weighted by atomic mass is 9.91. The van der Waals surface area contributed by atoms with Crippen LogP contribution in [0.15, 0.2) is 29.8 Å². The van der Waals surface area contributed by atoms with Gasteiger partial charge >= 0.3 is 0 Å². The predicted molar refractivity (Wildman–Crippen MR) is 83.3 cm³/mol. The van der Waals surface area contributed by atoms with Crippen LogP contribution in [-0.4, -0.2) is 6.54 Å². The summed E-state index contributed by atoms with van der Waals surface area (Å²) in [5.41, 5.74) is 3.51. The summed E-state index contributed by atoms with van der Waals surface area (Å²) in [4.78, 5) is 0. The van der Waals surface area contributed by atoms with Gasteiger partial charge in [0.25, 0.3) is 0 Å². The van der Waals surface area contributed by atoms with Gasteiger partial charge in [-0.25, -0.2) is 4.39 Å². The van der Waals surface area contributed by atoms with Crippen molar-refractivity contribution in [2.24, 2.45) is 0 Å². The van der Waals surface area contributed by atoms with Gasteiger partial charge in [0.2, 0.25) is 0 Å². The topological polar surface area (TPSA) is 12.0 Å². The molecule has 1 aromatic carbocycles. The number of halogens is 1. The molecule has 0 heterocycles. The summed E-state index contributed by atoms with van der Waals surface area (Å²) in [7, 11) is 0. The second-order valence-corrected chi connectivity index (χ2v) is 5.83. The third kappa shape index (κ3) is 4.17. The average molecular weight is 275 g/mol. The van der Waals surface area contributed by atoms with Gasteiger partial charge in [-0.05, 0) is 69.2 Å². The van der Waals surface area contributed by atoms with Crippen molar-refractivity contribution in [1.82, 2.24) is 5.32 Å². The molecule has 2 heteroatoms. The molecular weight excluding hydrogens is 249 g/mol. The first-order valence-corrected chi connectivity index (χ1v) is 7.88. The van der Waals surface area contributed by atoms with Gasteiger partial charge < -0.3 is 5.32 Å². The molecule has 1 atom stereocenters. The molecule has 1 N–H and O–H groups in total. The van der Waals surface area contributed by atoms with Gasteiger partial charge in [0.05, 0.1) is 0 Å². The largest absolute Gasteiger partial charge is 0.310 e. The molecular formula is C18H26FN. The van der Waals surface area contributed by atoms with Crippen LogP contribution in [0.5, 0.6) is 0 Å². The standard InChI is InChI=1S/C18H26FN/c1-3-11-20-18(13-15-7-5-4-6-8-15)16-9-10-17(19)14(2)12-16/h7,9-10,12,18,20H,3-6,8,11,13H2,1-2H3. The smallest absolute Gasteiger partial charge is 0.126 e. The summed E-state index contributed by atoms with van der Waals surface area (Å²) in [6, 6.07) is 5.84. The van der Waals surface area contributed by atoms with Crippen LogP contribution >= 0.6 is 0 Å². The lowest BCUT2D eigenvalue weighted by Gasteiger charge is -2.23. The molecule has 0 saturated carbocycles. The molecule has 0 bridgehead atoms. The summed E-state index contributed by atoms with van der Waals surface area (Å²) in [6.45, 7) is 5.03. The van der Waals surface area contributed by atoms with Gasteiger partial charge in [0.1, 0.15) is 5.82 Å². The Morgan fingerprint density at radius 2 is 2.15 bits per heavy atom. The molecule has 1 aromatic rings. The molecule has 0 amide bonds. The maximum Gasteiger partial charge on any atom is 0.126 e. The van der Waals surface area contributed by atoms with E-state index in [0.717, 1.165) is 24.9 Å². The minimum absolute atomic E-state index is 0.111. The van der Waals surface area contributed by atoms with E-state index in [0.29, 0.717) is 6.04 Å². The molecule has 110 valence electrons. The van der Waals surface area contributed by atoms with Crippen LogP contribution in [0.4, 0.5) is 4.39 Å². The van der Waals surface area contributed by atoms with Gasteiger partial charge in [-0.1, -0.05) is 30.7 Å². The number of rotatable bonds is 6. The molecule has 2 rings (SSSR count). The molecule has 0 radical (unpaired) electrons. The highest BCUT2D eigenvalue weighted by atomic mass is 19.1. The minimum atomic E-state index is -0.111. The SMILES string of the molecule is CCCNC(CC1=CCCCC1)c1ccc(F)c(C)c1. The van der Waals surface area contributed by atoms with Crippen LogP contribution in [0.25, 0.3) is 0 Å². The molecule has 1 aliphatic carbocycles. The summed E-state index contributed by atoms with van der Waals surface area (Å²) in [5, 5.41) is 3.62. The Balaban J connectivity index is 2.12. The Labute approximate surface area is 122 Å². The molecule has 0 spiro atoms. The Hall–Kier alpha value is -1.15. The number of hydrogen-bond donors (Lipinski definition) is 1. The van der Waals surface area contributed by atoms with E-state index in [-0.39, 0.29) is 5.82 Å². The summed E-state index contributed by atoms with van der Waals surface area (Å²) in [6.07, 6.45) is 9.67.